The summed E-state index contributed by atoms with van der Waals surface area (Å²) in [6, 6.07) is 0.345. The average Bonchev–Trinajstić information content (AvgIpc) is 2.38. The molecule has 20 heavy (non-hydrogen) atoms. The summed E-state index contributed by atoms with van der Waals surface area (Å²) >= 11 is 0. The second-order valence-electron chi connectivity index (χ2n) is 5.54. The van der Waals surface area contributed by atoms with Gasteiger partial charge in [0.05, 0.1) is 0 Å². The number of hydrogen-bond acceptors (Lipinski definition) is 3. The molecule has 0 saturated heterocycles. The van der Waals surface area contributed by atoms with Gasteiger partial charge in [0, 0.05) is 31.0 Å². The number of carbonyl (C=O) groups excluding carboxylic acids is 2. The minimum Gasteiger partial charge on any atom is -0.355 e. The zero-order chi connectivity index (χ0) is 14.3. The van der Waals surface area contributed by atoms with Gasteiger partial charge in [-0.1, -0.05) is 13.3 Å². The van der Waals surface area contributed by atoms with E-state index in [4.69, 9.17) is 5.73 Å². The van der Waals surface area contributed by atoms with Gasteiger partial charge in [-0.25, -0.2) is 0 Å². The maximum Gasteiger partial charge on any atom is 0.223 e. The summed E-state index contributed by atoms with van der Waals surface area (Å²) in [6.45, 7) is 4.41. The van der Waals surface area contributed by atoms with Crippen molar-refractivity contribution in [2.24, 2.45) is 11.7 Å². The Morgan fingerprint density at radius 2 is 2.05 bits per heavy atom. The van der Waals surface area contributed by atoms with E-state index in [9.17, 15) is 9.59 Å². The van der Waals surface area contributed by atoms with Crippen molar-refractivity contribution < 1.29 is 9.59 Å². The van der Waals surface area contributed by atoms with Gasteiger partial charge in [-0.2, -0.15) is 0 Å². The first-order valence-corrected chi connectivity index (χ1v) is 7.35. The van der Waals surface area contributed by atoms with Gasteiger partial charge in [0.25, 0.3) is 0 Å². The number of amides is 2. The number of hydrogen-bond donors (Lipinski definition) is 3. The predicted molar refractivity (Wildman–Crippen MR) is 82.7 cm³/mol. The van der Waals surface area contributed by atoms with Crippen LogP contribution in [-0.4, -0.2) is 30.4 Å². The third kappa shape index (κ3) is 7.10. The Morgan fingerprint density at radius 1 is 1.35 bits per heavy atom. The van der Waals surface area contributed by atoms with Gasteiger partial charge in [-0.05, 0) is 32.6 Å². The molecule has 1 rings (SSSR count). The van der Waals surface area contributed by atoms with Crippen molar-refractivity contribution in [3.05, 3.63) is 0 Å². The standard InChI is InChI=1S/C14H27N3O2.ClH/c1-3-10(2)17-13(18)7-8-16-14(19)11-5-4-6-12(15)9-11;/h10-12H,3-9,15H2,1-2H3,(H,16,19)(H,17,18);1H. The number of nitrogens with two attached hydrogens (primary N) is 1. The molecule has 3 unspecified atom stereocenters. The molecule has 0 radical (unpaired) electrons. The first-order chi connectivity index (χ1) is 9.02. The van der Waals surface area contributed by atoms with Gasteiger partial charge in [-0.15, -0.1) is 12.4 Å². The van der Waals surface area contributed by atoms with Crippen LogP contribution >= 0.6 is 12.4 Å². The van der Waals surface area contributed by atoms with Crippen molar-refractivity contribution in [2.75, 3.05) is 6.54 Å². The van der Waals surface area contributed by atoms with Gasteiger partial charge >= 0.3 is 0 Å². The van der Waals surface area contributed by atoms with Crippen molar-refractivity contribution in [3.8, 4) is 0 Å². The summed E-state index contributed by atoms with van der Waals surface area (Å²) in [7, 11) is 0. The van der Waals surface area contributed by atoms with Crippen LogP contribution in [0.4, 0.5) is 0 Å². The van der Waals surface area contributed by atoms with Crippen LogP contribution in [0.15, 0.2) is 0 Å². The third-order valence-electron chi connectivity index (χ3n) is 3.76. The molecule has 1 aliphatic rings. The molecule has 0 spiro atoms. The lowest BCUT2D eigenvalue weighted by atomic mass is 9.85. The van der Waals surface area contributed by atoms with Gasteiger partial charge < -0.3 is 16.4 Å². The number of halogens is 1. The molecule has 5 nitrogen and oxygen atoms in total. The van der Waals surface area contributed by atoms with E-state index in [-0.39, 0.29) is 42.2 Å². The molecule has 0 heterocycles. The van der Waals surface area contributed by atoms with Crippen LogP contribution in [-0.2, 0) is 9.59 Å². The minimum absolute atomic E-state index is 0. The second kappa shape index (κ2) is 10.00. The fraction of sp³-hybridized carbons (Fsp3) is 0.857. The Labute approximate surface area is 127 Å². The molecule has 6 heteroatoms. The first-order valence-electron chi connectivity index (χ1n) is 7.35. The van der Waals surface area contributed by atoms with Gasteiger partial charge in [0.15, 0.2) is 0 Å². The average molecular weight is 306 g/mol. The molecule has 4 N–H and O–H groups in total. The van der Waals surface area contributed by atoms with E-state index in [1.807, 2.05) is 13.8 Å². The maximum absolute atomic E-state index is 11.9. The highest BCUT2D eigenvalue weighted by Crippen LogP contribution is 2.22. The van der Waals surface area contributed by atoms with E-state index in [2.05, 4.69) is 10.6 Å². The zero-order valence-electron chi connectivity index (χ0n) is 12.5. The summed E-state index contributed by atoms with van der Waals surface area (Å²) in [5.74, 6) is 0.0721. The monoisotopic (exact) mass is 305 g/mol. The first kappa shape index (κ1) is 19.2. The van der Waals surface area contributed by atoms with Gasteiger partial charge in [0.1, 0.15) is 0 Å². The Morgan fingerprint density at radius 3 is 2.65 bits per heavy atom. The van der Waals surface area contributed by atoms with Gasteiger partial charge in [0.2, 0.25) is 11.8 Å². The normalized spacial score (nSPS) is 23.4. The summed E-state index contributed by atoms with van der Waals surface area (Å²) < 4.78 is 0. The van der Waals surface area contributed by atoms with E-state index in [1.165, 1.54) is 0 Å². The zero-order valence-corrected chi connectivity index (χ0v) is 13.3. The largest absolute Gasteiger partial charge is 0.355 e. The molecule has 0 aliphatic heterocycles. The van der Waals surface area contributed by atoms with Crippen LogP contribution in [0.3, 0.4) is 0 Å². The van der Waals surface area contributed by atoms with Crippen LogP contribution in [0.2, 0.25) is 0 Å². The van der Waals surface area contributed by atoms with Crippen LogP contribution in [0.5, 0.6) is 0 Å². The number of nitrogens with one attached hydrogen (secondary N) is 2. The summed E-state index contributed by atoms with van der Waals surface area (Å²) in [5, 5.41) is 5.72. The number of carbonyl (C=O) groups is 2. The molecule has 0 aromatic heterocycles. The van der Waals surface area contributed by atoms with E-state index in [1.54, 1.807) is 0 Å². The van der Waals surface area contributed by atoms with Crippen LogP contribution < -0.4 is 16.4 Å². The van der Waals surface area contributed by atoms with Crippen molar-refractivity contribution in [1.82, 2.24) is 10.6 Å². The van der Waals surface area contributed by atoms with E-state index >= 15 is 0 Å². The highest BCUT2D eigenvalue weighted by Gasteiger charge is 2.24. The lowest BCUT2D eigenvalue weighted by Gasteiger charge is -2.25. The van der Waals surface area contributed by atoms with E-state index in [0.29, 0.717) is 13.0 Å². The molecule has 0 aromatic rings. The predicted octanol–water partition coefficient (Wildman–Crippen LogP) is 1.35. The molecule has 3 atom stereocenters. The fourth-order valence-electron chi connectivity index (χ4n) is 2.36. The molecular formula is C14H28ClN3O2. The van der Waals surface area contributed by atoms with Crippen LogP contribution in [0, 0.1) is 5.92 Å². The lowest BCUT2D eigenvalue weighted by Crippen LogP contribution is -2.40. The molecular weight excluding hydrogens is 278 g/mol. The van der Waals surface area contributed by atoms with Gasteiger partial charge in [-0.3, -0.25) is 9.59 Å². The maximum atomic E-state index is 11.9. The van der Waals surface area contributed by atoms with Crippen molar-refractivity contribution in [3.63, 3.8) is 0 Å². The Balaban J connectivity index is 0.00000361. The molecule has 1 saturated carbocycles. The van der Waals surface area contributed by atoms with Crippen molar-refractivity contribution in [2.45, 2.75) is 64.5 Å². The quantitative estimate of drug-likeness (QED) is 0.692. The van der Waals surface area contributed by atoms with E-state index < -0.39 is 0 Å². The Hall–Kier alpha value is -0.810. The van der Waals surface area contributed by atoms with Crippen LogP contribution in [0.1, 0.15) is 52.4 Å². The van der Waals surface area contributed by atoms with Crippen molar-refractivity contribution >= 4 is 24.2 Å². The highest BCUT2D eigenvalue weighted by molar-refractivity contribution is 5.85. The molecule has 2 amide bonds. The van der Waals surface area contributed by atoms with Crippen LogP contribution in [0.25, 0.3) is 0 Å². The summed E-state index contributed by atoms with van der Waals surface area (Å²) in [5.41, 5.74) is 5.87. The highest BCUT2D eigenvalue weighted by atomic mass is 35.5. The smallest absolute Gasteiger partial charge is 0.223 e. The second-order valence-corrected chi connectivity index (χ2v) is 5.54. The SMILES string of the molecule is CCC(C)NC(=O)CCNC(=O)C1CCCC(N)C1.Cl. The lowest BCUT2D eigenvalue weighted by molar-refractivity contribution is -0.126. The molecule has 118 valence electrons. The topological polar surface area (TPSA) is 84.2 Å². The summed E-state index contributed by atoms with van der Waals surface area (Å²) in [4.78, 5) is 23.4. The molecule has 1 fully saturated rings. The Bertz CT molecular complexity index is 313. The fourth-order valence-corrected chi connectivity index (χ4v) is 2.36. The Kier molecular flexibility index (Phi) is 9.59. The number of rotatable bonds is 6. The molecule has 0 bridgehead atoms. The van der Waals surface area contributed by atoms with E-state index in [0.717, 1.165) is 32.1 Å². The minimum atomic E-state index is -0.00463. The third-order valence-corrected chi connectivity index (χ3v) is 3.76. The summed E-state index contributed by atoms with van der Waals surface area (Å²) in [6.07, 6.45) is 4.98. The molecule has 0 aromatic carbocycles. The molecule has 1 aliphatic carbocycles. The van der Waals surface area contributed by atoms with Crippen molar-refractivity contribution in [1.29, 1.82) is 0 Å².